The number of benzene rings is 2. The van der Waals surface area contributed by atoms with Gasteiger partial charge >= 0.3 is 16.1 Å². The monoisotopic (exact) mass is 394 g/mol. The van der Waals surface area contributed by atoms with Crippen molar-refractivity contribution in [1.82, 2.24) is 9.80 Å². The molecule has 27 heavy (non-hydrogen) atoms. The van der Waals surface area contributed by atoms with Crippen molar-refractivity contribution in [3.05, 3.63) is 59.9 Å². The second-order valence-electron chi connectivity index (χ2n) is 6.54. The molecule has 0 radical (unpaired) electrons. The third-order valence-corrected chi connectivity index (χ3v) is 5.07. The Morgan fingerprint density at radius 2 is 1.74 bits per heavy atom. The van der Waals surface area contributed by atoms with Crippen LogP contribution in [0.5, 0.6) is 5.75 Å². The van der Waals surface area contributed by atoms with E-state index in [1.807, 2.05) is 13.8 Å². The van der Waals surface area contributed by atoms with Gasteiger partial charge in [-0.05, 0) is 55.8 Å². The first-order valence-electron chi connectivity index (χ1n) is 8.37. The number of nitrogens with zero attached hydrogens (tertiary/aromatic N) is 2. The van der Waals surface area contributed by atoms with E-state index >= 15 is 0 Å². The fraction of sp³-hybridized carbons (Fsp3) is 0.316. The van der Waals surface area contributed by atoms with E-state index < -0.39 is 15.9 Å². The van der Waals surface area contributed by atoms with Crippen molar-refractivity contribution in [3.63, 3.8) is 0 Å². The Kier molecular flexibility index (Phi) is 6.43. The van der Waals surface area contributed by atoms with Crippen LogP contribution in [0.15, 0.2) is 53.4 Å². The van der Waals surface area contributed by atoms with E-state index in [4.69, 9.17) is 4.18 Å². The van der Waals surface area contributed by atoms with E-state index in [1.54, 1.807) is 37.2 Å². The maximum Gasteiger partial charge on any atom is 0.339 e. The highest BCUT2D eigenvalue weighted by molar-refractivity contribution is 7.87. The first kappa shape index (κ1) is 20.7. The lowest BCUT2D eigenvalue weighted by atomic mass is 10.2. The third-order valence-electron chi connectivity index (χ3n) is 3.81. The molecule has 0 aromatic heterocycles. The molecule has 2 amide bonds. The molecule has 0 aliphatic heterocycles. The van der Waals surface area contributed by atoms with Crippen molar-refractivity contribution < 1.29 is 21.8 Å². The molecule has 8 heteroatoms. The van der Waals surface area contributed by atoms with Gasteiger partial charge in [-0.1, -0.05) is 12.1 Å². The number of carbonyl (C=O) groups excluding carboxylic acids is 1. The van der Waals surface area contributed by atoms with Gasteiger partial charge in [0, 0.05) is 26.7 Å². The van der Waals surface area contributed by atoms with E-state index in [9.17, 15) is 17.6 Å². The summed E-state index contributed by atoms with van der Waals surface area (Å²) >= 11 is 0. The molecule has 0 fully saturated rings. The molecule has 2 rings (SSSR count). The lowest BCUT2D eigenvalue weighted by Gasteiger charge is -2.29. The van der Waals surface area contributed by atoms with Gasteiger partial charge in [-0.2, -0.15) is 8.42 Å². The standard InChI is InChI=1S/C19H23FN2O4S/c1-14(2)22(19(23)21(3)4)13-15-6-5-7-17(12-15)26-27(24,25)18-10-8-16(20)9-11-18/h5-12,14H,13H2,1-4H3. The quantitative estimate of drug-likeness (QED) is 0.704. The molecule has 0 spiro atoms. The van der Waals surface area contributed by atoms with E-state index in [-0.39, 0.29) is 22.7 Å². The molecule has 6 nitrogen and oxygen atoms in total. The molecule has 0 bridgehead atoms. The predicted octanol–water partition coefficient (Wildman–Crippen LogP) is 3.49. The molecule has 146 valence electrons. The van der Waals surface area contributed by atoms with Gasteiger partial charge in [0.15, 0.2) is 0 Å². The second kappa shape index (κ2) is 8.39. The topological polar surface area (TPSA) is 66.9 Å². The van der Waals surface area contributed by atoms with Crippen LogP contribution in [-0.2, 0) is 16.7 Å². The molecule has 0 saturated carbocycles. The zero-order valence-electron chi connectivity index (χ0n) is 15.7. The van der Waals surface area contributed by atoms with Crippen LogP contribution in [0.25, 0.3) is 0 Å². The normalized spacial score (nSPS) is 11.3. The smallest absolute Gasteiger partial charge is 0.339 e. The maximum absolute atomic E-state index is 13.0. The lowest BCUT2D eigenvalue weighted by Crippen LogP contribution is -2.42. The summed E-state index contributed by atoms with van der Waals surface area (Å²) in [7, 11) is -0.731. The van der Waals surface area contributed by atoms with Gasteiger partial charge in [-0.15, -0.1) is 0 Å². The van der Waals surface area contributed by atoms with Gasteiger partial charge in [0.1, 0.15) is 16.5 Å². The number of carbonyl (C=O) groups is 1. The fourth-order valence-electron chi connectivity index (χ4n) is 2.40. The molecule has 0 heterocycles. The first-order chi connectivity index (χ1) is 12.6. The van der Waals surface area contributed by atoms with Crippen molar-refractivity contribution in [2.75, 3.05) is 14.1 Å². The summed E-state index contributed by atoms with van der Waals surface area (Å²) < 4.78 is 42.8. The average molecular weight is 394 g/mol. The summed E-state index contributed by atoms with van der Waals surface area (Å²) in [6.45, 7) is 4.12. The summed E-state index contributed by atoms with van der Waals surface area (Å²) in [6, 6.07) is 10.7. The molecule has 0 saturated heterocycles. The Bertz CT molecular complexity index is 896. The van der Waals surface area contributed by atoms with Crippen molar-refractivity contribution >= 4 is 16.1 Å². The number of rotatable bonds is 6. The fourth-order valence-corrected chi connectivity index (χ4v) is 3.32. The van der Waals surface area contributed by atoms with Crippen LogP contribution in [-0.4, -0.2) is 44.4 Å². The summed E-state index contributed by atoms with van der Waals surface area (Å²) in [4.78, 5) is 15.3. The van der Waals surface area contributed by atoms with Crippen LogP contribution in [0, 0.1) is 5.82 Å². The summed E-state index contributed by atoms with van der Waals surface area (Å²) in [5, 5.41) is 0. The molecule has 0 aliphatic rings. The highest BCUT2D eigenvalue weighted by atomic mass is 32.2. The average Bonchev–Trinajstić information content (AvgIpc) is 2.59. The van der Waals surface area contributed by atoms with Gasteiger partial charge in [0.05, 0.1) is 0 Å². The van der Waals surface area contributed by atoms with Gasteiger partial charge in [0.25, 0.3) is 0 Å². The van der Waals surface area contributed by atoms with Crippen LogP contribution in [0.2, 0.25) is 0 Å². The maximum atomic E-state index is 13.0. The molecule has 0 atom stereocenters. The number of hydrogen-bond donors (Lipinski definition) is 0. The molecule has 2 aromatic rings. The Hall–Kier alpha value is -2.61. The Labute approximate surface area is 159 Å². The minimum Gasteiger partial charge on any atom is -0.379 e. The Morgan fingerprint density at radius 3 is 2.30 bits per heavy atom. The molecule has 0 N–H and O–H groups in total. The predicted molar refractivity (Wildman–Crippen MR) is 100 cm³/mol. The van der Waals surface area contributed by atoms with E-state index in [0.717, 1.165) is 29.8 Å². The SMILES string of the molecule is CC(C)N(Cc1cccc(OS(=O)(=O)c2ccc(F)cc2)c1)C(=O)N(C)C. The van der Waals surface area contributed by atoms with Crippen LogP contribution >= 0.6 is 0 Å². The zero-order valence-corrected chi connectivity index (χ0v) is 16.5. The van der Waals surface area contributed by atoms with Crippen molar-refractivity contribution in [2.45, 2.75) is 31.3 Å². The van der Waals surface area contributed by atoms with Gasteiger partial charge in [0.2, 0.25) is 0 Å². The molecule has 0 unspecified atom stereocenters. The second-order valence-corrected chi connectivity index (χ2v) is 8.08. The lowest BCUT2D eigenvalue weighted by molar-refractivity contribution is 0.153. The molecular weight excluding hydrogens is 371 g/mol. The number of hydrogen-bond acceptors (Lipinski definition) is 4. The highest BCUT2D eigenvalue weighted by Crippen LogP contribution is 2.21. The molecular formula is C19H23FN2O4S. The largest absolute Gasteiger partial charge is 0.379 e. The van der Waals surface area contributed by atoms with Crippen molar-refractivity contribution in [3.8, 4) is 5.75 Å². The number of urea groups is 1. The zero-order chi connectivity index (χ0) is 20.2. The Morgan fingerprint density at radius 1 is 1.11 bits per heavy atom. The molecule has 0 aliphatic carbocycles. The summed E-state index contributed by atoms with van der Waals surface area (Å²) in [5.74, 6) is -0.409. The highest BCUT2D eigenvalue weighted by Gasteiger charge is 2.20. The third kappa shape index (κ3) is 5.43. The van der Waals surface area contributed by atoms with Crippen LogP contribution in [0.1, 0.15) is 19.4 Å². The summed E-state index contributed by atoms with van der Waals surface area (Å²) in [6.07, 6.45) is 0. The van der Waals surface area contributed by atoms with Gasteiger partial charge in [-0.3, -0.25) is 0 Å². The van der Waals surface area contributed by atoms with E-state index in [1.165, 1.54) is 11.0 Å². The van der Waals surface area contributed by atoms with Gasteiger partial charge in [-0.25, -0.2) is 9.18 Å². The van der Waals surface area contributed by atoms with E-state index in [2.05, 4.69) is 0 Å². The van der Waals surface area contributed by atoms with Crippen LogP contribution < -0.4 is 4.18 Å². The number of amides is 2. The molecule has 2 aromatic carbocycles. The van der Waals surface area contributed by atoms with E-state index in [0.29, 0.717) is 6.54 Å². The van der Waals surface area contributed by atoms with Crippen LogP contribution in [0.4, 0.5) is 9.18 Å². The summed E-state index contributed by atoms with van der Waals surface area (Å²) in [5.41, 5.74) is 0.728. The minimum absolute atomic E-state index is 0.0348. The van der Waals surface area contributed by atoms with Crippen molar-refractivity contribution in [2.24, 2.45) is 0 Å². The van der Waals surface area contributed by atoms with Crippen molar-refractivity contribution in [1.29, 1.82) is 0 Å². The van der Waals surface area contributed by atoms with Crippen LogP contribution in [0.3, 0.4) is 0 Å². The first-order valence-corrected chi connectivity index (χ1v) is 9.78. The Balaban J connectivity index is 2.21. The van der Waals surface area contributed by atoms with Gasteiger partial charge < -0.3 is 14.0 Å². The number of halogens is 1. The minimum atomic E-state index is -4.08.